The largest absolute Gasteiger partial charge is 0.462 e. The molecule has 0 spiro atoms. The number of hydrogen-bond acceptors (Lipinski definition) is 5. The molecule has 0 N–H and O–H groups in total. The Morgan fingerprint density at radius 1 is 1.04 bits per heavy atom. The van der Waals surface area contributed by atoms with Gasteiger partial charge in [-0.15, -0.1) is 11.3 Å². The first-order valence-corrected chi connectivity index (χ1v) is 8.78. The maximum atomic E-state index is 12.6. The lowest BCUT2D eigenvalue weighted by molar-refractivity contribution is 0.0742. The first kappa shape index (κ1) is 15.0. The van der Waals surface area contributed by atoms with Crippen molar-refractivity contribution in [3.63, 3.8) is 0 Å². The topological polar surface area (TPSA) is 49.6 Å². The van der Waals surface area contributed by atoms with Crippen LogP contribution in [0.4, 0.5) is 5.69 Å². The maximum Gasteiger partial charge on any atom is 0.273 e. The van der Waals surface area contributed by atoms with Crippen molar-refractivity contribution in [2.24, 2.45) is 0 Å². The van der Waals surface area contributed by atoms with Crippen LogP contribution in [0.5, 0.6) is 0 Å². The summed E-state index contributed by atoms with van der Waals surface area (Å²) in [7, 11) is 0. The van der Waals surface area contributed by atoms with Gasteiger partial charge in [-0.1, -0.05) is 18.2 Å². The van der Waals surface area contributed by atoms with Gasteiger partial charge in [0, 0.05) is 37.2 Å². The summed E-state index contributed by atoms with van der Waals surface area (Å²) >= 11 is 1.43. The summed E-state index contributed by atoms with van der Waals surface area (Å²) in [5.74, 6) is 0.699. The first-order valence-electron chi connectivity index (χ1n) is 7.90. The number of anilines is 1. The molecule has 0 saturated carbocycles. The second-order valence-corrected chi connectivity index (χ2v) is 6.49. The van der Waals surface area contributed by atoms with Gasteiger partial charge in [-0.25, -0.2) is 4.98 Å². The van der Waals surface area contributed by atoms with Crippen LogP contribution >= 0.6 is 11.3 Å². The number of para-hydroxylation sites is 1. The predicted molar refractivity (Wildman–Crippen MR) is 94.4 cm³/mol. The second-order valence-electron chi connectivity index (χ2n) is 5.63. The van der Waals surface area contributed by atoms with Crippen molar-refractivity contribution in [1.29, 1.82) is 0 Å². The summed E-state index contributed by atoms with van der Waals surface area (Å²) in [6, 6.07) is 14.0. The third kappa shape index (κ3) is 2.92. The normalized spacial score (nSPS) is 14.8. The molecule has 122 valence electrons. The van der Waals surface area contributed by atoms with Gasteiger partial charge >= 0.3 is 0 Å². The molecule has 1 saturated heterocycles. The molecule has 6 heteroatoms. The molecule has 0 atom stereocenters. The summed E-state index contributed by atoms with van der Waals surface area (Å²) in [6.07, 6.45) is 1.61. The fourth-order valence-electron chi connectivity index (χ4n) is 2.85. The van der Waals surface area contributed by atoms with E-state index in [1.807, 2.05) is 40.6 Å². The van der Waals surface area contributed by atoms with Gasteiger partial charge in [-0.2, -0.15) is 0 Å². The van der Waals surface area contributed by atoms with E-state index >= 15 is 0 Å². The Morgan fingerprint density at radius 3 is 2.54 bits per heavy atom. The van der Waals surface area contributed by atoms with E-state index in [0.717, 1.165) is 18.1 Å². The average Bonchev–Trinajstić information content (AvgIpc) is 3.33. The van der Waals surface area contributed by atoms with Gasteiger partial charge < -0.3 is 14.2 Å². The smallest absolute Gasteiger partial charge is 0.273 e. The van der Waals surface area contributed by atoms with E-state index in [4.69, 9.17) is 4.42 Å². The fraction of sp³-hybridized carbons (Fsp3) is 0.222. The molecule has 1 amide bonds. The lowest BCUT2D eigenvalue weighted by Crippen LogP contribution is -2.48. The quantitative estimate of drug-likeness (QED) is 0.734. The van der Waals surface area contributed by atoms with E-state index in [2.05, 4.69) is 22.0 Å². The van der Waals surface area contributed by atoms with Gasteiger partial charge in [0.05, 0.1) is 6.26 Å². The molecule has 5 nitrogen and oxygen atoms in total. The number of carbonyl (C=O) groups excluding carboxylic acids is 1. The molecule has 3 heterocycles. The van der Waals surface area contributed by atoms with Crippen molar-refractivity contribution in [1.82, 2.24) is 9.88 Å². The van der Waals surface area contributed by atoms with Crippen LogP contribution < -0.4 is 4.90 Å². The monoisotopic (exact) mass is 339 g/mol. The standard InChI is InChI=1S/C18H17N3O2S/c22-18(15-13-24-17(19-15)16-7-4-12-23-16)21-10-8-20(9-11-21)14-5-2-1-3-6-14/h1-7,12-13H,8-11H2. The van der Waals surface area contributed by atoms with Crippen LogP contribution in [0.2, 0.25) is 0 Å². The highest BCUT2D eigenvalue weighted by Crippen LogP contribution is 2.25. The number of benzene rings is 1. The summed E-state index contributed by atoms with van der Waals surface area (Å²) in [6.45, 7) is 3.10. The van der Waals surface area contributed by atoms with Crippen LogP contribution in [-0.2, 0) is 0 Å². The van der Waals surface area contributed by atoms with E-state index in [9.17, 15) is 4.79 Å². The van der Waals surface area contributed by atoms with Crippen LogP contribution in [0.25, 0.3) is 10.8 Å². The number of furan rings is 1. The zero-order valence-corrected chi connectivity index (χ0v) is 13.9. The molecule has 1 fully saturated rings. The Hall–Kier alpha value is -2.60. The van der Waals surface area contributed by atoms with Crippen molar-refractivity contribution in [3.8, 4) is 10.8 Å². The molecular formula is C18H17N3O2S. The molecule has 24 heavy (non-hydrogen) atoms. The molecule has 0 radical (unpaired) electrons. The number of amides is 1. The molecule has 4 rings (SSSR count). The number of aromatic nitrogens is 1. The molecule has 0 bridgehead atoms. The maximum absolute atomic E-state index is 12.6. The lowest BCUT2D eigenvalue weighted by Gasteiger charge is -2.35. The Balaban J connectivity index is 1.41. The highest BCUT2D eigenvalue weighted by molar-refractivity contribution is 7.13. The highest BCUT2D eigenvalue weighted by atomic mass is 32.1. The van der Waals surface area contributed by atoms with Gasteiger partial charge in [-0.3, -0.25) is 4.79 Å². The predicted octanol–water partition coefficient (Wildman–Crippen LogP) is 3.37. The lowest BCUT2D eigenvalue weighted by atomic mass is 10.2. The molecule has 1 aliphatic rings. The third-order valence-electron chi connectivity index (χ3n) is 4.14. The van der Waals surface area contributed by atoms with Gasteiger partial charge in [0.2, 0.25) is 0 Å². The number of carbonyl (C=O) groups is 1. The van der Waals surface area contributed by atoms with Crippen molar-refractivity contribution in [2.75, 3.05) is 31.1 Å². The van der Waals surface area contributed by atoms with Crippen molar-refractivity contribution < 1.29 is 9.21 Å². The Kier molecular flexibility index (Phi) is 4.04. The SMILES string of the molecule is O=C(c1csc(-c2ccco2)n1)N1CCN(c2ccccc2)CC1. The zero-order valence-electron chi connectivity index (χ0n) is 13.1. The van der Waals surface area contributed by atoms with Crippen LogP contribution in [0.1, 0.15) is 10.5 Å². The van der Waals surface area contributed by atoms with E-state index in [-0.39, 0.29) is 5.91 Å². The van der Waals surface area contributed by atoms with E-state index in [1.165, 1.54) is 17.0 Å². The van der Waals surface area contributed by atoms with E-state index in [1.54, 1.807) is 6.26 Å². The summed E-state index contributed by atoms with van der Waals surface area (Å²) in [5.41, 5.74) is 1.71. The molecule has 0 unspecified atom stereocenters. The highest BCUT2D eigenvalue weighted by Gasteiger charge is 2.24. The van der Waals surface area contributed by atoms with Crippen molar-refractivity contribution >= 4 is 22.9 Å². The fourth-order valence-corrected chi connectivity index (χ4v) is 3.61. The molecule has 0 aliphatic carbocycles. The summed E-state index contributed by atoms with van der Waals surface area (Å²) in [5, 5.41) is 2.55. The van der Waals surface area contributed by atoms with Crippen LogP contribution in [0.15, 0.2) is 58.5 Å². The van der Waals surface area contributed by atoms with Crippen LogP contribution in [0.3, 0.4) is 0 Å². The minimum absolute atomic E-state index is 0.00299. The zero-order chi connectivity index (χ0) is 16.4. The van der Waals surface area contributed by atoms with Crippen molar-refractivity contribution in [2.45, 2.75) is 0 Å². The molecule has 1 aromatic carbocycles. The Bertz CT molecular complexity index is 806. The number of nitrogens with zero attached hydrogens (tertiary/aromatic N) is 3. The van der Waals surface area contributed by atoms with Crippen LogP contribution in [0, 0.1) is 0 Å². The van der Waals surface area contributed by atoms with Gasteiger partial charge in [0.1, 0.15) is 5.69 Å². The van der Waals surface area contributed by atoms with Crippen LogP contribution in [-0.4, -0.2) is 42.0 Å². The average molecular weight is 339 g/mol. The molecule has 2 aromatic heterocycles. The minimum Gasteiger partial charge on any atom is -0.462 e. The van der Waals surface area contributed by atoms with Gasteiger partial charge in [0.25, 0.3) is 5.91 Å². The Morgan fingerprint density at radius 2 is 1.83 bits per heavy atom. The molecule has 1 aliphatic heterocycles. The minimum atomic E-state index is -0.00299. The summed E-state index contributed by atoms with van der Waals surface area (Å²) < 4.78 is 5.34. The second kappa shape index (κ2) is 6.49. The third-order valence-corrected chi connectivity index (χ3v) is 5.00. The Labute approximate surface area is 144 Å². The first-order chi connectivity index (χ1) is 11.8. The summed E-state index contributed by atoms with van der Waals surface area (Å²) in [4.78, 5) is 21.3. The molecular weight excluding hydrogens is 322 g/mol. The molecule has 3 aromatic rings. The van der Waals surface area contributed by atoms with Gasteiger partial charge in [0.15, 0.2) is 10.8 Å². The number of thiazole rings is 1. The number of hydrogen-bond donors (Lipinski definition) is 0. The number of piperazine rings is 1. The van der Waals surface area contributed by atoms with E-state index in [0.29, 0.717) is 24.5 Å². The van der Waals surface area contributed by atoms with Gasteiger partial charge in [-0.05, 0) is 24.3 Å². The number of rotatable bonds is 3. The van der Waals surface area contributed by atoms with E-state index < -0.39 is 0 Å². The van der Waals surface area contributed by atoms with Crippen molar-refractivity contribution in [3.05, 3.63) is 59.8 Å².